The fourth-order valence-corrected chi connectivity index (χ4v) is 2.74. The van der Waals surface area contributed by atoms with Gasteiger partial charge in [0.1, 0.15) is 0 Å². The summed E-state index contributed by atoms with van der Waals surface area (Å²) in [6.45, 7) is 0.716. The number of ether oxygens (including phenoxy) is 2. The summed E-state index contributed by atoms with van der Waals surface area (Å²) in [4.78, 5) is 12.1. The van der Waals surface area contributed by atoms with Gasteiger partial charge in [-0.1, -0.05) is 6.07 Å². The summed E-state index contributed by atoms with van der Waals surface area (Å²) in [6, 6.07) is 11.6. The summed E-state index contributed by atoms with van der Waals surface area (Å²) in [6.07, 6.45) is 2.94. The molecule has 2 aromatic carbocycles. The predicted octanol–water partition coefficient (Wildman–Crippen LogP) is 2.83. The van der Waals surface area contributed by atoms with Crippen LogP contribution in [0.15, 0.2) is 36.4 Å². The van der Waals surface area contributed by atoms with Crippen LogP contribution in [0.25, 0.3) is 0 Å². The van der Waals surface area contributed by atoms with Crippen molar-refractivity contribution in [2.45, 2.75) is 25.3 Å². The van der Waals surface area contributed by atoms with Crippen LogP contribution in [-0.2, 0) is 6.42 Å². The first-order valence-electron chi connectivity index (χ1n) is 8.76. The van der Waals surface area contributed by atoms with E-state index in [0.717, 1.165) is 36.3 Å². The highest BCUT2D eigenvalue weighted by molar-refractivity contribution is 5.96. The molecule has 3 rings (SSSR count). The smallest absolute Gasteiger partial charge is 0.251 e. The van der Waals surface area contributed by atoms with E-state index in [1.54, 1.807) is 26.4 Å². The van der Waals surface area contributed by atoms with Gasteiger partial charge in [-0.2, -0.15) is 0 Å². The summed E-state index contributed by atoms with van der Waals surface area (Å²) in [5.74, 6) is 1.38. The van der Waals surface area contributed by atoms with Crippen molar-refractivity contribution in [3.8, 4) is 11.5 Å². The maximum Gasteiger partial charge on any atom is 0.251 e. The van der Waals surface area contributed by atoms with Crippen LogP contribution in [0.3, 0.4) is 0 Å². The lowest BCUT2D eigenvalue weighted by molar-refractivity contribution is 0.0951. The lowest BCUT2D eigenvalue weighted by Gasteiger charge is -2.12. The van der Waals surface area contributed by atoms with Crippen LogP contribution in [0.2, 0.25) is 0 Å². The van der Waals surface area contributed by atoms with Crippen LogP contribution in [0.1, 0.15) is 28.8 Å². The minimum atomic E-state index is -0.0592. The van der Waals surface area contributed by atoms with E-state index in [-0.39, 0.29) is 5.91 Å². The van der Waals surface area contributed by atoms with Gasteiger partial charge in [0.25, 0.3) is 5.91 Å². The molecule has 0 saturated heterocycles. The molecule has 0 spiro atoms. The van der Waals surface area contributed by atoms with Crippen LogP contribution in [-0.4, -0.2) is 32.7 Å². The monoisotopic (exact) mass is 355 g/mol. The second-order valence-electron chi connectivity index (χ2n) is 6.42. The summed E-state index contributed by atoms with van der Waals surface area (Å²) >= 11 is 0. The molecule has 2 aromatic rings. The second-order valence-corrected chi connectivity index (χ2v) is 6.42. The number of benzene rings is 2. The van der Waals surface area contributed by atoms with Gasteiger partial charge in [-0.05, 0) is 55.2 Å². The Labute approximate surface area is 153 Å². The van der Waals surface area contributed by atoms with Gasteiger partial charge in [0.15, 0.2) is 11.5 Å². The number of hydrogen-bond acceptors (Lipinski definition) is 5. The summed E-state index contributed by atoms with van der Waals surface area (Å²) < 4.78 is 10.6. The average molecular weight is 355 g/mol. The Kier molecular flexibility index (Phi) is 5.51. The molecule has 6 nitrogen and oxygen atoms in total. The van der Waals surface area contributed by atoms with Crippen molar-refractivity contribution < 1.29 is 14.3 Å². The third-order valence-corrected chi connectivity index (χ3v) is 4.40. The van der Waals surface area contributed by atoms with Crippen molar-refractivity contribution in [1.29, 1.82) is 0 Å². The third kappa shape index (κ3) is 4.39. The van der Waals surface area contributed by atoms with Crippen LogP contribution in [0.4, 0.5) is 11.4 Å². The van der Waals surface area contributed by atoms with E-state index in [1.165, 1.54) is 0 Å². The molecule has 1 fully saturated rings. The predicted molar refractivity (Wildman–Crippen MR) is 103 cm³/mol. The number of nitrogen functional groups attached to an aromatic ring is 1. The minimum absolute atomic E-state index is 0.0592. The Morgan fingerprint density at radius 1 is 1.12 bits per heavy atom. The van der Waals surface area contributed by atoms with Crippen LogP contribution in [0.5, 0.6) is 11.5 Å². The third-order valence-electron chi connectivity index (χ3n) is 4.40. The Hall–Kier alpha value is -2.89. The number of nitrogens with two attached hydrogens (primary N) is 1. The minimum Gasteiger partial charge on any atom is -0.493 e. The first-order chi connectivity index (χ1) is 12.6. The standard InChI is InChI=1S/C20H25N3O3/c1-25-18-8-3-13(11-19(18)26-2)9-10-22-17-7-4-14(12-16(17)21)20(24)23-15-5-6-15/h3-4,7-8,11-12,15,22H,5-6,9-10,21H2,1-2H3,(H,23,24). The number of methoxy groups -OCH3 is 2. The van der Waals surface area contributed by atoms with Gasteiger partial charge in [0.2, 0.25) is 0 Å². The van der Waals surface area contributed by atoms with Gasteiger partial charge in [-0.25, -0.2) is 0 Å². The largest absolute Gasteiger partial charge is 0.493 e. The lowest BCUT2D eigenvalue weighted by Crippen LogP contribution is -2.25. The quantitative estimate of drug-likeness (QED) is 0.634. The highest BCUT2D eigenvalue weighted by Gasteiger charge is 2.23. The van der Waals surface area contributed by atoms with E-state index in [4.69, 9.17) is 15.2 Å². The summed E-state index contributed by atoms with van der Waals surface area (Å²) in [5.41, 5.74) is 9.22. The molecule has 0 heterocycles. The van der Waals surface area contributed by atoms with Crippen LogP contribution < -0.4 is 25.8 Å². The number of hydrogen-bond donors (Lipinski definition) is 3. The number of rotatable bonds is 8. The van der Waals surface area contributed by atoms with Gasteiger partial charge in [-0.3, -0.25) is 4.79 Å². The zero-order chi connectivity index (χ0) is 18.5. The number of carbonyl (C=O) groups is 1. The molecule has 0 radical (unpaired) electrons. The molecule has 6 heteroatoms. The van der Waals surface area contributed by atoms with Gasteiger partial charge in [0.05, 0.1) is 25.6 Å². The fraction of sp³-hybridized carbons (Fsp3) is 0.350. The molecular formula is C20H25N3O3. The molecule has 0 aliphatic heterocycles. The molecule has 0 aromatic heterocycles. The zero-order valence-electron chi connectivity index (χ0n) is 15.2. The lowest BCUT2D eigenvalue weighted by atomic mass is 10.1. The number of amides is 1. The molecule has 26 heavy (non-hydrogen) atoms. The number of carbonyl (C=O) groups excluding carboxylic acids is 1. The number of nitrogens with one attached hydrogen (secondary N) is 2. The van der Waals surface area contributed by atoms with Crippen molar-refractivity contribution in [2.75, 3.05) is 31.8 Å². The van der Waals surface area contributed by atoms with E-state index < -0.39 is 0 Å². The van der Waals surface area contributed by atoms with E-state index in [2.05, 4.69) is 10.6 Å². The van der Waals surface area contributed by atoms with Crippen molar-refractivity contribution in [2.24, 2.45) is 0 Å². The van der Waals surface area contributed by atoms with Crippen LogP contribution in [0, 0.1) is 0 Å². The Morgan fingerprint density at radius 3 is 2.54 bits per heavy atom. The molecule has 1 saturated carbocycles. The van der Waals surface area contributed by atoms with E-state index >= 15 is 0 Å². The molecule has 138 valence electrons. The van der Waals surface area contributed by atoms with Gasteiger partial charge in [-0.15, -0.1) is 0 Å². The highest BCUT2D eigenvalue weighted by Crippen LogP contribution is 2.28. The first kappa shape index (κ1) is 17.9. The van der Waals surface area contributed by atoms with E-state index in [9.17, 15) is 4.79 Å². The summed E-state index contributed by atoms with van der Waals surface area (Å²) in [5, 5.41) is 6.28. The van der Waals surface area contributed by atoms with E-state index in [1.807, 2.05) is 24.3 Å². The topological polar surface area (TPSA) is 85.6 Å². The Morgan fingerprint density at radius 2 is 1.88 bits per heavy atom. The van der Waals surface area contributed by atoms with Gasteiger partial charge < -0.3 is 25.8 Å². The van der Waals surface area contributed by atoms with Crippen molar-refractivity contribution >= 4 is 17.3 Å². The first-order valence-corrected chi connectivity index (χ1v) is 8.76. The molecule has 4 N–H and O–H groups in total. The molecule has 1 aliphatic carbocycles. The molecule has 1 aliphatic rings. The van der Waals surface area contributed by atoms with Crippen LogP contribution >= 0.6 is 0 Å². The Bertz CT molecular complexity index is 788. The fourth-order valence-electron chi connectivity index (χ4n) is 2.74. The SMILES string of the molecule is COc1ccc(CCNc2ccc(C(=O)NC3CC3)cc2N)cc1OC. The molecule has 0 unspecified atom stereocenters. The average Bonchev–Trinajstić information content (AvgIpc) is 3.46. The second kappa shape index (κ2) is 7.99. The zero-order valence-corrected chi connectivity index (χ0v) is 15.2. The molecule has 1 amide bonds. The van der Waals surface area contributed by atoms with Crippen molar-refractivity contribution in [3.05, 3.63) is 47.5 Å². The highest BCUT2D eigenvalue weighted by atomic mass is 16.5. The van der Waals surface area contributed by atoms with E-state index in [0.29, 0.717) is 29.6 Å². The molecule has 0 atom stereocenters. The maximum absolute atomic E-state index is 12.1. The maximum atomic E-state index is 12.1. The number of anilines is 2. The Balaban J connectivity index is 1.56. The summed E-state index contributed by atoms with van der Waals surface area (Å²) in [7, 11) is 3.25. The van der Waals surface area contributed by atoms with Crippen molar-refractivity contribution in [1.82, 2.24) is 5.32 Å². The molecule has 0 bridgehead atoms. The van der Waals surface area contributed by atoms with Crippen molar-refractivity contribution in [3.63, 3.8) is 0 Å². The molecular weight excluding hydrogens is 330 g/mol. The van der Waals surface area contributed by atoms with Gasteiger partial charge >= 0.3 is 0 Å². The normalized spacial score (nSPS) is 13.2. The van der Waals surface area contributed by atoms with Gasteiger partial charge in [0, 0.05) is 18.2 Å².